The van der Waals surface area contributed by atoms with Crippen LogP contribution in [0.15, 0.2) is 18.5 Å². The van der Waals surface area contributed by atoms with Crippen molar-refractivity contribution in [1.29, 1.82) is 0 Å². The van der Waals surface area contributed by atoms with Gasteiger partial charge in [-0.3, -0.25) is 4.90 Å². The van der Waals surface area contributed by atoms with Crippen LogP contribution in [0.3, 0.4) is 0 Å². The average Bonchev–Trinajstić information content (AvgIpc) is 2.40. The zero-order valence-corrected chi connectivity index (χ0v) is 12.0. The van der Waals surface area contributed by atoms with Crippen molar-refractivity contribution < 1.29 is 0 Å². The third kappa shape index (κ3) is 4.14. The van der Waals surface area contributed by atoms with Crippen molar-refractivity contribution in [2.75, 3.05) is 37.6 Å². The second kappa shape index (κ2) is 6.30. The van der Waals surface area contributed by atoms with Gasteiger partial charge in [-0.25, -0.2) is 9.97 Å². The third-order valence-corrected chi connectivity index (χ3v) is 3.61. The van der Waals surface area contributed by atoms with Gasteiger partial charge in [-0.2, -0.15) is 0 Å². The summed E-state index contributed by atoms with van der Waals surface area (Å²) < 4.78 is 0. The first-order valence-corrected chi connectivity index (χ1v) is 7.14. The highest BCUT2D eigenvalue weighted by atomic mass is 15.3. The van der Waals surface area contributed by atoms with E-state index in [2.05, 4.69) is 33.6 Å². The van der Waals surface area contributed by atoms with Crippen molar-refractivity contribution in [2.24, 2.45) is 5.73 Å². The van der Waals surface area contributed by atoms with Crippen LogP contribution in [0.4, 0.5) is 5.95 Å². The van der Waals surface area contributed by atoms with E-state index >= 15 is 0 Å². The Labute approximate surface area is 115 Å². The van der Waals surface area contributed by atoms with Gasteiger partial charge in [0.1, 0.15) is 0 Å². The second-order valence-electron chi connectivity index (χ2n) is 5.72. The Hall–Kier alpha value is -1.20. The van der Waals surface area contributed by atoms with E-state index in [9.17, 15) is 0 Å². The molecular weight excluding hydrogens is 238 g/mol. The Bertz CT molecular complexity index is 371. The van der Waals surface area contributed by atoms with Crippen LogP contribution in [-0.2, 0) is 0 Å². The minimum atomic E-state index is -0.0693. The van der Waals surface area contributed by atoms with Crippen molar-refractivity contribution in [1.82, 2.24) is 14.9 Å². The van der Waals surface area contributed by atoms with E-state index < -0.39 is 0 Å². The fraction of sp³-hybridized carbons (Fsp3) is 0.714. The van der Waals surface area contributed by atoms with Gasteiger partial charge in [-0.1, -0.05) is 13.3 Å². The first-order valence-electron chi connectivity index (χ1n) is 7.14. The maximum Gasteiger partial charge on any atom is 0.225 e. The van der Waals surface area contributed by atoms with E-state index in [-0.39, 0.29) is 5.54 Å². The number of hydrogen-bond donors (Lipinski definition) is 1. The summed E-state index contributed by atoms with van der Waals surface area (Å²) in [5.41, 5.74) is 6.25. The van der Waals surface area contributed by atoms with Crippen molar-refractivity contribution in [3.05, 3.63) is 18.5 Å². The highest BCUT2D eigenvalue weighted by molar-refractivity contribution is 5.29. The first-order chi connectivity index (χ1) is 9.11. The van der Waals surface area contributed by atoms with Gasteiger partial charge in [0.25, 0.3) is 0 Å². The van der Waals surface area contributed by atoms with Crippen molar-refractivity contribution in [2.45, 2.75) is 32.2 Å². The molecule has 19 heavy (non-hydrogen) atoms. The van der Waals surface area contributed by atoms with Crippen LogP contribution in [0, 0.1) is 0 Å². The van der Waals surface area contributed by atoms with Crippen LogP contribution in [0.2, 0.25) is 0 Å². The summed E-state index contributed by atoms with van der Waals surface area (Å²) in [5.74, 6) is 0.839. The van der Waals surface area contributed by atoms with Crippen molar-refractivity contribution >= 4 is 5.95 Å². The SMILES string of the molecule is CCCC(C)(N)CN1CCN(c2ncccn2)CC1. The monoisotopic (exact) mass is 263 g/mol. The van der Waals surface area contributed by atoms with E-state index in [4.69, 9.17) is 5.73 Å². The fourth-order valence-corrected chi connectivity index (χ4v) is 2.72. The Morgan fingerprint density at radius 3 is 2.42 bits per heavy atom. The fourth-order valence-electron chi connectivity index (χ4n) is 2.72. The highest BCUT2D eigenvalue weighted by Gasteiger charge is 2.25. The van der Waals surface area contributed by atoms with Gasteiger partial charge in [0, 0.05) is 50.7 Å². The molecule has 1 fully saturated rings. The summed E-state index contributed by atoms with van der Waals surface area (Å²) in [6.07, 6.45) is 5.82. The topological polar surface area (TPSA) is 58.3 Å². The van der Waals surface area contributed by atoms with Gasteiger partial charge >= 0.3 is 0 Å². The molecule has 0 radical (unpaired) electrons. The van der Waals surface area contributed by atoms with Crippen molar-refractivity contribution in [3.63, 3.8) is 0 Å². The zero-order chi connectivity index (χ0) is 13.7. The molecule has 2 heterocycles. The van der Waals surface area contributed by atoms with E-state index in [1.165, 1.54) is 0 Å². The number of rotatable bonds is 5. The average molecular weight is 263 g/mol. The lowest BCUT2D eigenvalue weighted by molar-refractivity contribution is 0.198. The van der Waals surface area contributed by atoms with Crippen LogP contribution >= 0.6 is 0 Å². The van der Waals surface area contributed by atoms with Crippen LogP contribution in [0.5, 0.6) is 0 Å². The van der Waals surface area contributed by atoms with E-state index in [0.29, 0.717) is 0 Å². The summed E-state index contributed by atoms with van der Waals surface area (Å²) in [6, 6.07) is 1.85. The van der Waals surface area contributed by atoms with E-state index in [0.717, 1.165) is 51.5 Å². The third-order valence-electron chi connectivity index (χ3n) is 3.61. The molecule has 0 aromatic carbocycles. The van der Waals surface area contributed by atoms with Crippen LogP contribution in [0.1, 0.15) is 26.7 Å². The summed E-state index contributed by atoms with van der Waals surface area (Å²) in [4.78, 5) is 13.3. The summed E-state index contributed by atoms with van der Waals surface area (Å²) in [6.45, 7) is 9.35. The minimum absolute atomic E-state index is 0.0693. The van der Waals surface area contributed by atoms with Gasteiger partial charge in [-0.05, 0) is 19.4 Å². The molecule has 1 saturated heterocycles. The lowest BCUT2D eigenvalue weighted by atomic mass is 9.96. The van der Waals surface area contributed by atoms with E-state index in [1.54, 1.807) is 12.4 Å². The molecule has 0 saturated carbocycles. The molecule has 1 aromatic heterocycles. The maximum atomic E-state index is 6.32. The smallest absolute Gasteiger partial charge is 0.225 e. The number of hydrogen-bond acceptors (Lipinski definition) is 5. The molecule has 5 heteroatoms. The quantitative estimate of drug-likeness (QED) is 0.862. The van der Waals surface area contributed by atoms with E-state index in [1.807, 2.05) is 6.07 Å². The maximum absolute atomic E-state index is 6.32. The van der Waals surface area contributed by atoms with Gasteiger partial charge in [0.05, 0.1) is 0 Å². The molecule has 1 unspecified atom stereocenters. The molecule has 0 amide bonds. The molecule has 106 valence electrons. The molecule has 5 nitrogen and oxygen atoms in total. The highest BCUT2D eigenvalue weighted by Crippen LogP contribution is 2.14. The normalized spacial score (nSPS) is 20.3. The first kappa shape index (κ1) is 14.2. The Kier molecular flexibility index (Phi) is 4.71. The molecule has 0 spiro atoms. The number of nitrogens with zero attached hydrogens (tertiary/aromatic N) is 4. The minimum Gasteiger partial charge on any atom is -0.338 e. The molecule has 0 bridgehead atoms. The second-order valence-corrected chi connectivity index (χ2v) is 5.72. The Morgan fingerprint density at radius 1 is 1.21 bits per heavy atom. The van der Waals surface area contributed by atoms with Crippen LogP contribution < -0.4 is 10.6 Å². The predicted octanol–water partition coefficient (Wildman–Crippen LogP) is 1.12. The summed E-state index contributed by atoms with van der Waals surface area (Å²) in [5, 5.41) is 0. The van der Waals surface area contributed by atoms with Gasteiger partial charge in [0.2, 0.25) is 5.95 Å². The lowest BCUT2D eigenvalue weighted by Gasteiger charge is -2.38. The molecule has 1 aromatic rings. The molecule has 0 aliphatic carbocycles. The molecule has 2 N–H and O–H groups in total. The number of anilines is 1. The van der Waals surface area contributed by atoms with Gasteiger partial charge < -0.3 is 10.6 Å². The zero-order valence-electron chi connectivity index (χ0n) is 12.0. The number of piperazine rings is 1. The number of aromatic nitrogens is 2. The molecule has 1 atom stereocenters. The standard InChI is InChI=1S/C14H25N5/c1-3-5-14(2,15)12-18-8-10-19(11-9-18)13-16-6-4-7-17-13/h4,6-7H,3,5,8-12,15H2,1-2H3. The van der Waals surface area contributed by atoms with Gasteiger partial charge in [-0.15, -0.1) is 0 Å². The van der Waals surface area contributed by atoms with Crippen LogP contribution in [-0.4, -0.2) is 53.1 Å². The molecule has 1 aliphatic heterocycles. The summed E-state index contributed by atoms with van der Waals surface area (Å²) >= 11 is 0. The Morgan fingerprint density at radius 2 is 1.84 bits per heavy atom. The molecular formula is C14H25N5. The van der Waals surface area contributed by atoms with Crippen LogP contribution in [0.25, 0.3) is 0 Å². The lowest BCUT2D eigenvalue weighted by Crippen LogP contribution is -2.54. The largest absolute Gasteiger partial charge is 0.338 e. The predicted molar refractivity (Wildman–Crippen MR) is 78.2 cm³/mol. The van der Waals surface area contributed by atoms with Crippen molar-refractivity contribution in [3.8, 4) is 0 Å². The summed E-state index contributed by atoms with van der Waals surface area (Å²) in [7, 11) is 0. The molecule has 2 rings (SSSR count). The molecule has 1 aliphatic rings. The number of nitrogens with two attached hydrogens (primary N) is 1. The van der Waals surface area contributed by atoms with Gasteiger partial charge in [0.15, 0.2) is 0 Å². The Balaban J connectivity index is 1.83.